The first-order valence-corrected chi connectivity index (χ1v) is 5.19. The molecule has 1 rings (SSSR count). The minimum atomic E-state index is -0.270. The number of benzene rings is 1. The molecule has 0 aliphatic heterocycles. The molecule has 88 valence electrons. The van der Waals surface area contributed by atoms with Crippen LogP contribution in [0.2, 0.25) is 0 Å². The molecule has 0 bridgehead atoms. The maximum absolute atomic E-state index is 13.4. The van der Waals surface area contributed by atoms with E-state index in [-0.39, 0.29) is 24.2 Å². The zero-order valence-corrected chi connectivity index (χ0v) is 9.50. The molecule has 4 heteroatoms. The summed E-state index contributed by atoms with van der Waals surface area (Å²) >= 11 is 0. The first-order valence-electron chi connectivity index (χ1n) is 5.19. The van der Waals surface area contributed by atoms with E-state index in [1.807, 2.05) is 6.92 Å². The van der Waals surface area contributed by atoms with Gasteiger partial charge in [0.05, 0.1) is 13.5 Å². The lowest BCUT2D eigenvalue weighted by Gasteiger charge is -2.14. The second-order valence-corrected chi connectivity index (χ2v) is 3.52. The lowest BCUT2D eigenvalue weighted by Crippen LogP contribution is -2.23. The second kappa shape index (κ2) is 6.23. The fraction of sp³-hybridized carbons (Fsp3) is 0.417. The quantitative estimate of drug-likeness (QED) is 0.779. The van der Waals surface area contributed by atoms with E-state index in [4.69, 9.17) is 0 Å². The van der Waals surface area contributed by atoms with E-state index < -0.39 is 0 Å². The number of halogens is 1. The number of esters is 1. The molecule has 0 radical (unpaired) electrons. The van der Waals surface area contributed by atoms with Gasteiger partial charge in [0.25, 0.3) is 0 Å². The van der Waals surface area contributed by atoms with Gasteiger partial charge < -0.3 is 10.1 Å². The maximum atomic E-state index is 13.4. The Kier molecular flexibility index (Phi) is 4.92. The third kappa shape index (κ3) is 3.62. The van der Waals surface area contributed by atoms with Crippen molar-refractivity contribution >= 4 is 5.97 Å². The third-order valence-corrected chi connectivity index (χ3v) is 2.38. The zero-order valence-electron chi connectivity index (χ0n) is 9.50. The molecule has 16 heavy (non-hydrogen) atoms. The van der Waals surface area contributed by atoms with Gasteiger partial charge in [-0.05, 0) is 13.0 Å². The Morgan fingerprint density at radius 1 is 1.50 bits per heavy atom. The predicted molar refractivity (Wildman–Crippen MR) is 59.5 cm³/mol. The zero-order chi connectivity index (χ0) is 12.0. The molecule has 0 saturated heterocycles. The molecule has 0 saturated carbocycles. The van der Waals surface area contributed by atoms with E-state index >= 15 is 0 Å². The van der Waals surface area contributed by atoms with Crippen LogP contribution in [0.15, 0.2) is 24.3 Å². The van der Waals surface area contributed by atoms with E-state index in [2.05, 4.69) is 10.1 Å². The number of hydrogen-bond acceptors (Lipinski definition) is 3. The van der Waals surface area contributed by atoms with E-state index in [1.165, 1.54) is 13.2 Å². The molecule has 0 spiro atoms. The fourth-order valence-corrected chi connectivity index (χ4v) is 1.43. The first kappa shape index (κ1) is 12.6. The Labute approximate surface area is 94.6 Å². The van der Waals surface area contributed by atoms with Gasteiger partial charge in [0.2, 0.25) is 0 Å². The summed E-state index contributed by atoms with van der Waals surface area (Å²) in [4.78, 5) is 10.9. The van der Waals surface area contributed by atoms with Crippen molar-refractivity contribution in [1.29, 1.82) is 0 Å². The van der Waals surface area contributed by atoms with Crippen molar-refractivity contribution in [3.05, 3.63) is 35.6 Å². The molecular weight excluding hydrogens is 209 g/mol. The van der Waals surface area contributed by atoms with Gasteiger partial charge in [-0.3, -0.25) is 4.79 Å². The van der Waals surface area contributed by atoms with Crippen molar-refractivity contribution in [2.45, 2.75) is 19.4 Å². The molecule has 0 fully saturated rings. The average Bonchev–Trinajstić information content (AvgIpc) is 2.29. The normalized spacial score (nSPS) is 12.2. The number of carbonyl (C=O) groups excluding carboxylic acids is 1. The molecule has 0 heterocycles. The van der Waals surface area contributed by atoms with Crippen LogP contribution in [0.1, 0.15) is 24.9 Å². The van der Waals surface area contributed by atoms with Gasteiger partial charge in [0, 0.05) is 18.2 Å². The molecule has 1 unspecified atom stereocenters. The lowest BCUT2D eigenvalue weighted by atomic mass is 10.1. The highest BCUT2D eigenvalue weighted by atomic mass is 19.1. The van der Waals surface area contributed by atoms with Crippen LogP contribution in [0.4, 0.5) is 4.39 Å². The maximum Gasteiger partial charge on any atom is 0.306 e. The monoisotopic (exact) mass is 225 g/mol. The van der Waals surface area contributed by atoms with Crippen molar-refractivity contribution in [3.8, 4) is 0 Å². The third-order valence-electron chi connectivity index (χ3n) is 2.38. The van der Waals surface area contributed by atoms with Gasteiger partial charge in [-0.2, -0.15) is 0 Å². The van der Waals surface area contributed by atoms with Gasteiger partial charge in [0.15, 0.2) is 0 Å². The fourth-order valence-electron chi connectivity index (χ4n) is 1.43. The molecule has 1 aromatic rings. The smallest absolute Gasteiger partial charge is 0.306 e. The summed E-state index contributed by atoms with van der Waals surface area (Å²) in [5.41, 5.74) is 0.604. The average molecular weight is 225 g/mol. The van der Waals surface area contributed by atoms with Gasteiger partial charge in [0.1, 0.15) is 5.82 Å². The number of carbonyl (C=O) groups is 1. The molecule has 0 amide bonds. The van der Waals surface area contributed by atoms with Crippen LogP contribution in [0.3, 0.4) is 0 Å². The highest BCUT2D eigenvalue weighted by Gasteiger charge is 2.09. The molecule has 0 aliphatic rings. The Morgan fingerprint density at radius 3 is 2.81 bits per heavy atom. The minimum absolute atomic E-state index is 0.120. The molecule has 1 aromatic carbocycles. The number of rotatable bonds is 5. The highest BCUT2D eigenvalue weighted by molar-refractivity contribution is 5.69. The van der Waals surface area contributed by atoms with E-state index in [0.29, 0.717) is 12.1 Å². The van der Waals surface area contributed by atoms with E-state index in [1.54, 1.807) is 18.2 Å². The van der Waals surface area contributed by atoms with Crippen molar-refractivity contribution in [3.63, 3.8) is 0 Å². The summed E-state index contributed by atoms with van der Waals surface area (Å²) in [6, 6.07) is 6.47. The van der Waals surface area contributed by atoms with Gasteiger partial charge in [-0.15, -0.1) is 0 Å². The largest absolute Gasteiger partial charge is 0.469 e. The summed E-state index contributed by atoms with van der Waals surface area (Å²) < 4.78 is 17.9. The van der Waals surface area contributed by atoms with Crippen LogP contribution in [0, 0.1) is 5.82 Å². The van der Waals surface area contributed by atoms with Crippen molar-refractivity contribution in [2.24, 2.45) is 0 Å². The lowest BCUT2D eigenvalue weighted by molar-refractivity contribution is -0.140. The van der Waals surface area contributed by atoms with Gasteiger partial charge in [-0.25, -0.2) is 4.39 Å². The van der Waals surface area contributed by atoms with Crippen LogP contribution in [0.5, 0.6) is 0 Å². The second-order valence-electron chi connectivity index (χ2n) is 3.52. The Hall–Kier alpha value is -1.42. The van der Waals surface area contributed by atoms with Crippen molar-refractivity contribution < 1.29 is 13.9 Å². The molecule has 0 aliphatic carbocycles. The number of nitrogens with one attached hydrogen (secondary N) is 1. The van der Waals surface area contributed by atoms with Crippen LogP contribution in [-0.4, -0.2) is 19.6 Å². The first-order chi connectivity index (χ1) is 7.65. The standard InChI is InChI=1S/C12H16FNO2/c1-9(14-8-7-12(15)16-2)10-5-3-4-6-11(10)13/h3-6,9,14H,7-8H2,1-2H3. The number of ether oxygens (including phenoxy) is 1. The van der Waals surface area contributed by atoms with E-state index in [0.717, 1.165) is 0 Å². The highest BCUT2D eigenvalue weighted by Crippen LogP contribution is 2.15. The Bertz CT molecular complexity index is 355. The van der Waals surface area contributed by atoms with Crippen molar-refractivity contribution in [1.82, 2.24) is 5.32 Å². The van der Waals surface area contributed by atoms with Crippen LogP contribution >= 0.6 is 0 Å². The van der Waals surface area contributed by atoms with E-state index in [9.17, 15) is 9.18 Å². The van der Waals surface area contributed by atoms with Crippen LogP contribution in [-0.2, 0) is 9.53 Å². The Balaban J connectivity index is 2.44. The van der Waals surface area contributed by atoms with Crippen LogP contribution < -0.4 is 5.32 Å². The summed E-state index contributed by atoms with van der Waals surface area (Å²) in [6.45, 7) is 2.33. The molecular formula is C12H16FNO2. The van der Waals surface area contributed by atoms with Gasteiger partial charge >= 0.3 is 5.97 Å². The Morgan fingerprint density at radius 2 is 2.19 bits per heavy atom. The molecule has 3 nitrogen and oxygen atoms in total. The molecule has 1 atom stereocenters. The topological polar surface area (TPSA) is 38.3 Å². The summed E-state index contributed by atoms with van der Waals surface area (Å²) in [6.07, 6.45) is 0.287. The van der Waals surface area contributed by atoms with Gasteiger partial charge in [-0.1, -0.05) is 18.2 Å². The number of hydrogen-bond donors (Lipinski definition) is 1. The molecule has 1 N–H and O–H groups in total. The summed E-state index contributed by atoms with van der Waals surface area (Å²) in [7, 11) is 1.35. The van der Waals surface area contributed by atoms with Crippen LogP contribution in [0.25, 0.3) is 0 Å². The summed E-state index contributed by atoms with van der Waals surface area (Å²) in [5.74, 6) is -0.506. The SMILES string of the molecule is COC(=O)CCNC(C)c1ccccc1F. The number of methoxy groups -OCH3 is 1. The summed E-state index contributed by atoms with van der Waals surface area (Å²) in [5, 5.41) is 3.06. The predicted octanol–water partition coefficient (Wildman–Crippen LogP) is 2.04. The minimum Gasteiger partial charge on any atom is -0.469 e. The van der Waals surface area contributed by atoms with Crippen molar-refractivity contribution in [2.75, 3.05) is 13.7 Å². The molecule has 0 aromatic heterocycles.